The van der Waals surface area contributed by atoms with Crippen molar-refractivity contribution in [2.24, 2.45) is 0 Å². The molecule has 0 atom stereocenters. The molecule has 6 nitrogen and oxygen atoms in total. The first-order valence-electron chi connectivity index (χ1n) is 8.23. The fourth-order valence-electron chi connectivity index (χ4n) is 3.00. The van der Waals surface area contributed by atoms with E-state index in [1.165, 1.54) is 0 Å². The van der Waals surface area contributed by atoms with Crippen LogP contribution in [0, 0.1) is 6.92 Å². The molecule has 7 heteroatoms. The SMILES string of the molecule is Cc1cccc(CN2C(=O)C(C)(C)Oc3cc(NS(C)(=O)=O)ccc32)c1. The van der Waals surface area contributed by atoms with E-state index in [0.29, 0.717) is 23.7 Å². The van der Waals surface area contributed by atoms with Crippen molar-refractivity contribution in [1.29, 1.82) is 0 Å². The standard InChI is InChI=1S/C19H22N2O4S/c1-13-6-5-7-14(10-13)12-21-16-9-8-15(20-26(4,23)24)11-17(16)25-19(2,3)18(21)22/h5-11,20H,12H2,1-4H3. The van der Waals surface area contributed by atoms with Gasteiger partial charge in [-0.1, -0.05) is 29.8 Å². The number of benzene rings is 2. The molecule has 1 heterocycles. The van der Waals surface area contributed by atoms with Crippen LogP contribution in [-0.4, -0.2) is 26.2 Å². The molecule has 0 spiro atoms. The van der Waals surface area contributed by atoms with E-state index >= 15 is 0 Å². The summed E-state index contributed by atoms with van der Waals surface area (Å²) in [5, 5.41) is 0. The highest BCUT2D eigenvalue weighted by atomic mass is 32.2. The number of aryl methyl sites for hydroxylation is 1. The molecular weight excluding hydrogens is 352 g/mol. The Hall–Kier alpha value is -2.54. The second kappa shape index (κ2) is 6.32. The maximum atomic E-state index is 12.9. The van der Waals surface area contributed by atoms with Crippen LogP contribution in [0.15, 0.2) is 42.5 Å². The van der Waals surface area contributed by atoms with E-state index in [-0.39, 0.29) is 5.91 Å². The number of carbonyl (C=O) groups excluding carboxylic acids is 1. The number of hydrogen-bond acceptors (Lipinski definition) is 4. The number of carbonyl (C=O) groups is 1. The Labute approximate surface area is 153 Å². The van der Waals surface area contributed by atoms with Gasteiger partial charge in [0.25, 0.3) is 5.91 Å². The normalized spacial score (nSPS) is 16.0. The lowest BCUT2D eigenvalue weighted by Crippen LogP contribution is -2.52. The smallest absolute Gasteiger partial charge is 0.271 e. The minimum Gasteiger partial charge on any atom is -0.476 e. The molecular formula is C19H22N2O4S. The first-order chi connectivity index (χ1) is 12.0. The van der Waals surface area contributed by atoms with Gasteiger partial charge in [0.2, 0.25) is 10.0 Å². The van der Waals surface area contributed by atoms with E-state index < -0.39 is 15.6 Å². The summed E-state index contributed by atoms with van der Waals surface area (Å²) in [6, 6.07) is 12.9. The van der Waals surface area contributed by atoms with Crippen LogP contribution in [0.1, 0.15) is 25.0 Å². The Morgan fingerprint density at radius 2 is 1.88 bits per heavy atom. The number of fused-ring (bicyclic) bond motifs is 1. The molecule has 0 aliphatic carbocycles. The molecule has 2 aromatic carbocycles. The van der Waals surface area contributed by atoms with Crippen molar-refractivity contribution < 1.29 is 17.9 Å². The summed E-state index contributed by atoms with van der Waals surface area (Å²) in [7, 11) is -3.40. The molecule has 0 radical (unpaired) electrons. The van der Waals surface area contributed by atoms with Crippen LogP contribution >= 0.6 is 0 Å². The van der Waals surface area contributed by atoms with Crippen molar-refractivity contribution in [3.05, 3.63) is 53.6 Å². The number of nitrogens with one attached hydrogen (secondary N) is 1. The lowest BCUT2D eigenvalue weighted by Gasteiger charge is -2.39. The van der Waals surface area contributed by atoms with E-state index in [1.807, 2.05) is 31.2 Å². The second-order valence-corrected chi connectivity index (χ2v) is 8.80. The van der Waals surface area contributed by atoms with Gasteiger partial charge in [0.05, 0.1) is 24.2 Å². The van der Waals surface area contributed by atoms with E-state index in [1.54, 1.807) is 36.9 Å². The predicted molar refractivity (Wildman–Crippen MR) is 102 cm³/mol. The van der Waals surface area contributed by atoms with Gasteiger partial charge in [-0.2, -0.15) is 0 Å². The van der Waals surface area contributed by atoms with Crippen molar-refractivity contribution in [1.82, 2.24) is 0 Å². The molecule has 1 N–H and O–H groups in total. The third-order valence-electron chi connectivity index (χ3n) is 4.10. The fraction of sp³-hybridized carbons (Fsp3) is 0.316. The van der Waals surface area contributed by atoms with Crippen molar-refractivity contribution in [2.75, 3.05) is 15.9 Å². The van der Waals surface area contributed by atoms with E-state index in [0.717, 1.165) is 17.4 Å². The van der Waals surface area contributed by atoms with Crippen LogP contribution in [0.5, 0.6) is 5.75 Å². The summed E-state index contributed by atoms with van der Waals surface area (Å²) in [5.41, 5.74) is 2.11. The maximum absolute atomic E-state index is 12.9. The third-order valence-corrected chi connectivity index (χ3v) is 4.71. The van der Waals surface area contributed by atoms with Crippen LogP contribution in [0.25, 0.3) is 0 Å². The highest BCUT2D eigenvalue weighted by molar-refractivity contribution is 7.92. The molecule has 0 saturated carbocycles. The van der Waals surface area contributed by atoms with E-state index in [9.17, 15) is 13.2 Å². The topological polar surface area (TPSA) is 75.7 Å². The lowest BCUT2D eigenvalue weighted by atomic mass is 10.0. The van der Waals surface area contributed by atoms with Gasteiger partial charge in [0.15, 0.2) is 5.60 Å². The first kappa shape index (κ1) is 18.3. The summed E-state index contributed by atoms with van der Waals surface area (Å²) >= 11 is 0. The average molecular weight is 374 g/mol. The number of sulfonamides is 1. The maximum Gasteiger partial charge on any atom is 0.271 e. The Kier molecular flexibility index (Phi) is 4.44. The van der Waals surface area contributed by atoms with E-state index in [2.05, 4.69) is 4.72 Å². The van der Waals surface area contributed by atoms with E-state index in [4.69, 9.17) is 4.74 Å². The second-order valence-electron chi connectivity index (χ2n) is 7.05. The molecule has 0 bridgehead atoms. The van der Waals surface area contributed by atoms with Gasteiger partial charge in [-0.05, 0) is 38.5 Å². The lowest BCUT2D eigenvalue weighted by molar-refractivity contribution is -0.132. The first-order valence-corrected chi connectivity index (χ1v) is 10.1. The number of nitrogens with zero attached hydrogens (tertiary/aromatic N) is 1. The zero-order chi connectivity index (χ0) is 19.1. The van der Waals surface area contributed by atoms with Gasteiger partial charge in [-0.25, -0.2) is 8.42 Å². The minimum atomic E-state index is -3.40. The van der Waals surface area contributed by atoms with Gasteiger partial charge < -0.3 is 9.64 Å². The average Bonchev–Trinajstić information content (AvgIpc) is 2.50. The highest BCUT2D eigenvalue weighted by Crippen LogP contribution is 2.40. The quantitative estimate of drug-likeness (QED) is 0.892. The van der Waals surface area contributed by atoms with Crippen LogP contribution in [-0.2, 0) is 21.4 Å². The Morgan fingerprint density at radius 1 is 1.15 bits per heavy atom. The monoisotopic (exact) mass is 374 g/mol. The summed E-state index contributed by atoms with van der Waals surface area (Å²) in [6.07, 6.45) is 1.09. The number of ether oxygens (including phenoxy) is 1. The van der Waals surface area contributed by atoms with Crippen molar-refractivity contribution in [3.63, 3.8) is 0 Å². The van der Waals surface area contributed by atoms with Gasteiger partial charge in [-0.15, -0.1) is 0 Å². The summed E-state index contributed by atoms with van der Waals surface area (Å²) in [4.78, 5) is 14.6. The zero-order valence-electron chi connectivity index (χ0n) is 15.2. The number of rotatable bonds is 4. The molecule has 26 heavy (non-hydrogen) atoms. The molecule has 0 unspecified atom stereocenters. The van der Waals surface area contributed by atoms with Crippen LogP contribution < -0.4 is 14.4 Å². The van der Waals surface area contributed by atoms with Crippen molar-refractivity contribution >= 4 is 27.3 Å². The summed E-state index contributed by atoms with van der Waals surface area (Å²) in [6.45, 7) is 5.83. The van der Waals surface area contributed by atoms with Crippen LogP contribution in [0.3, 0.4) is 0 Å². The molecule has 2 aromatic rings. The number of amides is 1. The molecule has 0 aromatic heterocycles. The Morgan fingerprint density at radius 3 is 2.54 bits per heavy atom. The molecule has 1 aliphatic heterocycles. The molecule has 0 saturated heterocycles. The highest BCUT2D eigenvalue weighted by Gasteiger charge is 2.41. The molecule has 0 fully saturated rings. The summed E-state index contributed by atoms with van der Waals surface area (Å²) < 4.78 is 31.2. The summed E-state index contributed by atoms with van der Waals surface area (Å²) in [5.74, 6) is 0.325. The zero-order valence-corrected chi connectivity index (χ0v) is 16.1. The van der Waals surface area contributed by atoms with Crippen molar-refractivity contribution in [2.45, 2.75) is 32.9 Å². The van der Waals surface area contributed by atoms with Gasteiger partial charge in [-0.3, -0.25) is 9.52 Å². The van der Waals surface area contributed by atoms with Crippen molar-refractivity contribution in [3.8, 4) is 5.75 Å². The number of hydrogen-bond donors (Lipinski definition) is 1. The van der Waals surface area contributed by atoms with Crippen LogP contribution in [0.4, 0.5) is 11.4 Å². The Balaban J connectivity index is 2.01. The van der Waals surface area contributed by atoms with Gasteiger partial charge >= 0.3 is 0 Å². The number of anilines is 2. The molecule has 1 amide bonds. The third kappa shape index (κ3) is 3.83. The fourth-order valence-corrected chi connectivity index (χ4v) is 3.55. The molecule has 3 rings (SSSR count). The van der Waals surface area contributed by atoms with Gasteiger partial charge in [0, 0.05) is 6.07 Å². The largest absolute Gasteiger partial charge is 0.476 e. The minimum absolute atomic E-state index is 0.143. The molecule has 1 aliphatic rings. The Bertz CT molecular complexity index is 967. The predicted octanol–water partition coefficient (Wildman–Crippen LogP) is 3.07. The van der Waals surface area contributed by atoms with Crippen LogP contribution in [0.2, 0.25) is 0 Å². The van der Waals surface area contributed by atoms with Gasteiger partial charge in [0.1, 0.15) is 5.75 Å². The molecule has 138 valence electrons.